The summed E-state index contributed by atoms with van der Waals surface area (Å²) in [6, 6.07) is -0.122. The Labute approximate surface area is 160 Å². The van der Waals surface area contributed by atoms with E-state index in [1.807, 2.05) is 44.0 Å². The van der Waals surface area contributed by atoms with Crippen LogP contribution in [0.2, 0.25) is 0 Å². The molecule has 1 heterocycles. The average molecular weight is 378 g/mol. The van der Waals surface area contributed by atoms with Crippen LogP contribution in [0, 0.1) is 5.92 Å². The minimum atomic E-state index is -0.297. The molecule has 3 unspecified atom stereocenters. The van der Waals surface area contributed by atoms with Gasteiger partial charge >= 0.3 is 0 Å². The third-order valence-corrected chi connectivity index (χ3v) is 5.69. The van der Waals surface area contributed by atoms with Gasteiger partial charge in [-0.2, -0.15) is 0 Å². The van der Waals surface area contributed by atoms with Crippen molar-refractivity contribution in [1.29, 1.82) is 0 Å². The Morgan fingerprint density at radius 3 is 2.88 bits per heavy atom. The molecule has 2 aliphatic carbocycles. The predicted octanol–water partition coefficient (Wildman–Crippen LogP) is 2.14. The molecule has 0 bridgehead atoms. The lowest BCUT2D eigenvalue weighted by atomic mass is 9.94. The van der Waals surface area contributed by atoms with Crippen LogP contribution in [-0.2, 0) is 4.79 Å². The Bertz CT molecular complexity index is 683. The highest BCUT2D eigenvalue weighted by Gasteiger charge is 2.42. The van der Waals surface area contributed by atoms with E-state index in [1.54, 1.807) is 0 Å². The summed E-state index contributed by atoms with van der Waals surface area (Å²) < 4.78 is 0. The molecule has 1 aliphatic heterocycles. The fraction of sp³-hybridized carbons (Fsp3) is 0.579. The number of guanidine groups is 1. The summed E-state index contributed by atoms with van der Waals surface area (Å²) in [6.45, 7) is 4.39. The molecule has 0 saturated carbocycles. The van der Waals surface area contributed by atoms with E-state index in [-0.39, 0.29) is 29.4 Å². The maximum atomic E-state index is 13.0. The normalized spacial score (nSPS) is 33.3. The first-order valence-corrected chi connectivity index (χ1v) is 9.61. The highest BCUT2D eigenvalue weighted by atomic mass is 35.5. The van der Waals surface area contributed by atoms with Crippen molar-refractivity contribution in [2.75, 3.05) is 13.7 Å². The molecule has 3 N–H and O–H groups in total. The molecule has 0 aromatic rings. The van der Waals surface area contributed by atoms with Gasteiger partial charge in [-0.1, -0.05) is 31.2 Å². The van der Waals surface area contributed by atoms with Gasteiger partial charge in [0.1, 0.15) is 6.17 Å². The molecule has 0 aromatic heterocycles. The van der Waals surface area contributed by atoms with Crippen molar-refractivity contribution in [3.05, 3.63) is 35.6 Å². The minimum Gasteiger partial charge on any atom is -0.370 e. The summed E-state index contributed by atoms with van der Waals surface area (Å²) in [5.74, 6) is 0.132. The molecule has 1 fully saturated rings. The van der Waals surface area contributed by atoms with Gasteiger partial charge in [0, 0.05) is 5.70 Å². The van der Waals surface area contributed by atoms with Gasteiger partial charge in [0.2, 0.25) is 5.91 Å². The molecule has 7 heteroatoms. The first kappa shape index (κ1) is 19.0. The van der Waals surface area contributed by atoms with E-state index in [2.05, 4.69) is 21.3 Å². The lowest BCUT2D eigenvalue weighted by Gasteiger charge is -2.46. The number of rotatable bonds is 3. The fourth-order valence-corrected chi connectivity index (χ4v) is 4.33. The molecule has 142 valence electrons. The van der Waals surface area contributed by atoms with Crippen molar-refractivity contribution in [3.63, 3.8) is 0 Å². The average Bonchev–Trinajstić information content (AvgIpc) is 3.08. The van der Waals surface area contributed by atoms with E-state index in [0.717, 1.165) is 30.5 Å². The maximum Gasteiger partial charge on any atom is 0.230 e. The molecule has 4 atom stereocenters. The second-order valence-corrected chi connectivity index (χ2v) is 7.86. The summed E-state index contributed by atoms with van der Waals surface area (Å²) in [6.07, 6.45) is 11.0. The number of alkyl halides is 1. The third kappa shape index (κ3) is 3.81. The van der Waals surface area contributed by atoms with Gasteiger partial charge < -0.3 is 16.0 Å². The fourth-order valence-electron chi connectivity index (χ4n) is 3.91. The topological polar surface area (TPSA) is 74.0 Å². The number of allylic oxidation sites excluding steroid dienone is 4. The van der Waals surface area contributed by atoms with Gasteiger partial charge in [-0.05, 0) is 38.8 Å². The summed E-state index contributed by atoms with van der Waals surface area (Å²) in [5.41, 5.74) is 8.29. The van der Waals surface area contributed by atoms with E-state index in [4.69, 9.17) is 17.3 Å². The summed E-state index contributed by atoms with van der Waals surface area (Å²) >= 11 is 6.48. The van der Waals surface area contributed by atoms with Crippen molar-refractivity contribution in [2.45, 2.75) is 50.7 Å². The number of nitrogens with two attached hydrogens (primary N) is 1. The number of halogens is 1. The van der Waals surface area contributed by atoms with Crippen molar-refractivity contribution in [2.24, 2.45) is 16.6 Å². The molecule has 26 heavy (non-hydrogen) atoms. The number of nitrogens with one attached hydrogen (secondary N) is 1. The SMILES string of the molecule is CC1=CC=CC(Cl)C1N1CN(C)C(N=C(N)NC2=CCCC2)[C@H](C)C1=O. The van der Waals surface area contributed by atoms with Crippen molar-refractivity contribution >= 4 is 23.5 Å². The van der Waals surface area contributed by atoms with Gasteiger partial charge in [-0.3, -0.25) is 9.69 Å². The third-order valence-electron chi connectivity index (χ3n) is 5.31. The number of nitrogens with zero attached hydrogens (tertiary/aromatic N) is 3. The first-order valence-electron chi connectivity index (χ1n) is 9.17. The van der Waals surface area contributed by atoms with Crippen LogP contribution in [0.15, 0.2) is 40.6 Å². The van der Waals surface area contributed by atoms with E-state index in [0.29, 0.717) is 12.6 Å². The molecule has 1 amide bonds. The Morgan fingerprint density at radius 1 is 1.46 bits per heavy atom. The van der Waals surface area contributed by atoms with Crippen LogP contribution in [0.3, 0.4) is 0 Å². The molecule has 0 radical (unpaired) electrons. The molecular formula is C19H28ClN5O. The zero-order chi connectivity index (χ0) is 18.8. The predicted molar refractivity (Wildman–Crippen MR) is 105 cm³/mol. The second kappa shape index (κ2) is 7.84. The van der Waals surface area contributed by atoms with Crippen LogP contribution < -0.4 is 11.1 Å². The molecule has 3 rings (SSSR count). The van der Waals surface area contributed by atoms with Crippen LogP contribution in [-0.4, -0.2) is 53.0 Å². The molecule has 0 spiro atoms. The molecule has 6 nitrogen and oxygen atoms in total. The smallest absolute Gasteiger partial charge is 0.230 e. The molecule has 0 aromatic carbocycles. The highest BCUT2D eigenvalue weighted by Crippen LogP contribution is 2.30. The van der Waals surface area contributed by atoms with E-state index >= 15 is 0 Å². The minimum absolute atomic E-state index is 0.0587. The molecule has 1 saturated heterocycles. The van der Waals surface area contributed by atoms with E-state index < -0.39 is 0 Å². The summed E-state index contributed by atoms with van der Waals surface area (Å²) in [7, 11) is 1.97. The zero-order valence-electron chi connectivity index (χ0n) is 15.7. The van der Waals surface area contributed by atoms with Crippen LogP contribution in [0.5, 0.6) is 0 Å². The molecular weight excluding hydrogens is 350 g/mol. The van der Waals surface area contributed by atoms with Crippen molar-refractivity contribution in [1.82, 2.24) is 15.1 Å². The largest absolute Gasteiger partial charge is 0.370 e. The first-order chi connectivity index (χ1) is 12.4. The number of carbonyl (C=O) groups excluding carboxylic acids is 1. The number of carbonyl (C=O) groups is 1. The highest BCUT2D eigenvalue weighted by molar-refractivity contribution is 6.22. The Kier molecular flexibility index (Phi) is 5.73. The summed E-state index contributed by atoms with van der Waals surface area (Å²) in [5, 5.41) is 2.95. The van der Waals surface area contributed by atoms with Gasteiger partial charge in [0.15, 0.2) is 5.96 Å². The van der Waals surface area contributed by atoms with Crippen LogP contribution >= 0.6 is 11.6 Å². The lowest BCUT2D eigenvalue weighted by Crippen LogP contribution is -2.61. The monoisotopic (exact) mass is 377 g/mol. The Hall–Kier alpha value is -1.79. The quantitative estimate of drug-likeness (QED) is 0.449. The zero-order valence-corrected chi connectivity index (χ0v) is 16.4. The van der Waals surface area contributed by atoms with Crippen LogP contribution in [0.1, 0.15) is 33.1 Å². The standard InChI is InChI=1S/C19H28ClN5O/c1-12-7-6-10-15(20)16(12)25-11-24(3)17(13(2)18(25)26)23-19(21)22-14-8-4-5-9-14/h6-8,10,13,15-17H,4-5,9,11H2,1-3H3,(H3,21,22,23)/t13-,15?,16?,17?/m0/s1. The van der Waals surface area contributed by atoms with Gasteiger partial charge in [0.05, 0.1) is 24.0 Å². The van der Waals surface area contributed by atoms with Crippen LogP contribution in [0.25, 0.3) is 0 Å². The van der Waals surface area contributed by atoms with Gasteiger partial charge in [-0.15, -0.1) is 11.6 Å². The van der Waals surface area contributed by atoms with Crippen molar-refractivity contribution < 1.29 is 4.79 Å². The van der Waals surface area contributed by atoms with Gasteiger partial charge in [-0.25, -0.2) is 4.99 Å². The van der Waals surface area contributed by atoms with Crippen LogP contribution in [0.4, 0.5) is 0 Å². The number of amides is 1. The van der Waals surface area contributed by atoms with E-state index in [9.17, 15) is 4.79 Å². The van der Waals surface area contributed by atoms with Gasteiger partial charge in [0.25, 0.3) is 0 Å². The summed E-state index contributed by atoms with van der Waals surface area (Å²) in [4.78, 5) is 21.5. The van der Waals surface area contributed by atoms with Crippen molar-refractivity contribution in [3.8, 4) is 0 Å². The molecule has 3 aliphatic rings. The Morgan fingerprint density at radius 2 is 2.23 bits per heavy atom. The number of aliphatic imine (C=N–C) groups is 1. The lowest BCUT2D eigenvalue weighted by molar-refractivity contribution is -0.148. The Balaban J connectivity index is 1.74. The second-order valence-electron chi connectivity index (χ2n) is 7.35. The number of hydrogen-bond acceptors (Lipinski definition) is 3. The number of hydrogen-bond donors (Lipinski definition) is 2. The van der Waals surface area contributed by atoms with E-state index in [1.165, 1.54) is 0 Å². The maximum absolute atomic E-state index is 13.0.